The summed E-state index contributed by atoms with van der Waals surface area (Å²) in [6, 6.07) is 0. The Morgan fingerprint density at radius 1 is 0.290 bits per heavy atom. The minimum Gasteiger partial charge on any atom is -0.462 e. The zero-order valence-electron chi connectivity index (χ0n) is 60.7. The number of hydrogen-bond donors (Lipinski definition) is 3. The first-order valence-electron chi connectivity index (χ1n) is 38.3. The van der Waals surface area contributed by atoms with Gasteiger partial charge in [-0.3, -0.25) is 37.3 Å². The van der Waals surface area contributed by atoms with E-state index in [9.17, 15) is 43.2 Å². The highest BCUT2D eigenvalue weighted by Gasteiger charge is 2.30. The molecule has 0 bridgehead atoms. The molecule has 2 unspecified atom stereocenters. The van der Waals surface area contributed by atoms with Crippen molar-refractivity contribution in [3.63, 3.8) is 0 Å². The maximum absolute atomic E-state index is 13.1. The smallest absolute Gasteiger partial charge is 0.462 e. The van der Waals surface area contributed by atoms with Gasteiger partial charge in [0.2, 0.25) is 0 Å². The van der Waals surface area contributed by atoms with Gasteiger partial charge in [-0.2, -0.15) is 0 Å². The Morgan fingerprint density at radius 2 is 0.495 bits per heavy atom. The Hall–Kier alpha value is -1.94. The fraction of sp³-hybridized carbons (Fsp3) is 0.946. The van der Waals surface area contributed by atoms with E-state index in [-0.39, 0.29) is 25.7 Å². The third-order valence-electron chi connectivity index (χ3n) is 17.1. The van der Waals surface area contributed by atoms with Crippen molar-refractivity contribution in [1.29, 1.82) is 0 Å². The van der Waals surface area contributed by atoms with Gasteiger partial charge in [-0.15, -0.1) is 0 Å². The van der Waals surface area contributed by atoms with Gasteiger partial charge >= 0.3 is 39.5 Å². The number of aliphatic hydroxyl groups excluding tert-OH is 1. The van der Waals surface area contributed by atoms with Crippen LogP contribution in [0.4, 0.5) is 0 Å². The van der Waals surface area contributed by atoms with Crippen molar-refractivity contribution in [2.24, 2.45) is 17.8 Å². The summed E-state index contributed by atoms with van der Waals surface area (Å²) >= 11 is 0. The van der Waals surface area contributed by atoms with Gasteiger partial charge in [0.1, 0.15) is 19.3 Å². The first-order chi connectivity index (χ1) is 44.7. The fourth-order valence-corrected chi connectivity index (χ4v) is 12.8. The predicted octanol–water partition coefficient (Wildman–Crippen LogP) is 21.4. The van der Waals surface area contributed by atoms with Crippen molar-refractivity contribution in [1.82, 2.24) is 0 Å². The molecule has 0 spiro atoms. The van der Waals surface area contributed by atoms with Crippen molar-refractivity contribution in [2.45, 2.75) is 394 Å². The largest absolute Gasteiger partial charge is 0.472 e. The van der Waals surface area contributed by atoms with Crippen molar-refractivity contribution in [3.8, 4) is 0 Å². The molecule has 0 aromatic heterocycles. The molecule has 0 aliphatic heterocycles. The van der Waals surface area contributed by atoms with Crippen molar-refractivity contribution >= 4 is 39.5 Å². The number of esters is 4. The van der Waals surface area contributed by atoms with E-state index in [0.717, 1.165) is 108 Å². The summed E-state index contributed by atoms with van der Waals surface area (Å²) in [5, 5.41) is 10.6. The highest BCUT2D eigenvalue weighted by atomic mass is 31.2. The monoisotopic (exact) mass is 1370 g/mol. The van der Waals surface area contributed by atoms with Crippen LogP contribution < -0.4 is 0 Å². The molecule has 0 radical (unpaired) electrons. The van der Waals surface area contributed by atoms with E-state index in [4.69, 9.17) is 37.0 Å². The summed E-state index contributed by atoms with van der Waals surface area (Å²) in [6.07, 6.45) is 50.0. The second kappa shape index (κ2) is 64.7. The maximum atomic E-state index is 13.1. The van der Waals surface area contributed by atoms with Gasteiger partial charge in [0.25, 0.3) is 0 Å². The lowest BCUT2D eigenvalue weighted by molar-refractivity contribution is -0.161. The summed E-state index contributed by atoms with van der Waals surface area (Å²) in [5.41, 5.74) is 0. The lowest BCUT2D eigenvalue weighted by Crippen LogP contribution is -2.30. The van der Waals surface area contributed by atoms with E-state index < -0.39 is 97.5 Å². The molecular weight excluding hydrogens is 1220 g/mol. The van der Waals surface area contributed by atoms with Crippen LogP contribution in [0.3, 0.4) is 0 Å². The zero-order valence-corrected chi connectivity index (χ0v) is 62.5. The Bertz CT molecular complexity index is 1820. The van der Waals surface area contributed by atoms with Crippen LogP contribution >= 0.6 is 15.6 Å². The second-order valence-corrected chi connectivity index (χ2v) is 31.0. The van der Waals surface area contributed by atoms with Gasteiger partial charge in [0.05, 0.1) is 26.4 Å². The number of carbonyl (C=O) groups is 4. The lowest BCUT2D eigenvalue weighted by Gasteiger charge is -2.21. The summed E-state index contributed by atoms with van der Waals surface area (Å²) in [5.74, 6) is 0.107. The average Bonchev–Trinajstić information content (AvgIpc) is 1.52. The van der Waals surface area contributed by atoms with Crippen molar-refractivity contribution < 1.29 is 80.2 Å². The molecule has 0 aromatic carbocycles. The van der Waals surface area contributed by atoms with E-state index in [0.29, 0.717) is 31.6 Å². The normalized spacial score (nSPS) is 14.1. The molecule has 19 heteroatoms. The Kier molecular flexibility index (Phi) is 63.4. The van der Waals surface area contributed by atoms with Gasteiger partial charge in [0.15, 0.2) is 12.2 Å². The van der Waals surface area contributed by atoms with Crippen LogP contribution in [0.1, 0.15) is 376 Å². The molecule has 0 aliphatic carbocycles. The fourth-order valence-electron chi connectivity index (χ4n) is 11.2. The van der Waals surface area contributed by atoms with Crippen LogP contribution in [0.2, 0.25) is 0 Å². The molecule has 0 heterocycles. The number of aliphatic hydroxyl groups is 1. The molecule has 0 saturated carbocycles. The molecule has 0 aromatic rings. The number of rotatable bonds is 72. The van der Waals surface area contributed by atoms with Crippen LogP contribution in [0, 0.1) is 17.8 Å². The summed E-state index contributed by atoms with van der Waals surface area (Å²) in [4.78, 5) is 72.7. The Morgan fingerprint density at radius 3 is 0.731 bits per heavy atom. The summed E-state index contributed by atoms with van der Waals surface area (Å²) in [6.45, 7) is 11.8. The second-order valence-electron chi connectivity index (χ2n) is 28.1. The number of carbonyl (C=O) groups excluding carboxylic acids is 4. The first-order valence-corrected chi connectivity index (χ1v) is 41.3. The molecule has 552 valence electrons. The maximum Gasteiger partial charge on any atom is 0.472 e. The van der Waals surface area contributed by atoms with Crippen molar-refractivity contribution in [3.05, 3.63) is 0 Å². The minimum atomic E-state index is -4.96. The van der Waals surface area contributed by atoms with E-state index >= 15 is 0 Å². The topological polar surface area (TPSA) is 237 Å². The van der Waals surface area contributed by atoms with Crippen LogP contribution in [-0.4, -0.2) is 96.7 Å². The zero-order chi connectivity index (χ0) is 68.7. The molecule has 0 amide bonds. The number of phosphoric ester groups is 2. The summed E-state index contributed by atoms with van der Waals surface area (Å²) in [7, 11) is -9.91. The predicted molar refractivity (Wildman–Crippen MR) is 377 cm³/mol. The number of hydrogen-bond acceptors (Lipinski definition) is 15. The molecule has 17 nitrogen and oxygen atoms in total. The Balaban J connectivity index is 5.25. The standard InChI is InChI=1S/C74H144O17P2/c1-8-9-10-11-12-13-14-15-16-19-22-27-34-41-48-55-71(76)84-61-69(90-73(78)57-50-43-35-28-23-20-17-18-21-25-31-38-45-52-65(2)3)63-88-92(80,81)86-59-68(75)60-87-93(82,83)89-64-70(62-85-72(77)56-49-42-37-30-33-40-47-54-67(6)7)91-74(79)58-51-44-36-29-24-26-32-39-46-53-66(4)5/h65-70,75H,8-64H2,1-7H3,(H,80,81)(H,82,83)/t68-,69-,70-/m1/s1. The van der Waals surface area contributed by atoms with Crippen molar-refractivity contribution in [2.75, 3.05) is 39.6 Å². The van der Waals surface area contributed by atoms with E-state index in [2.05, 4.69) is 48.5 Å². The lowest BCUT2D eigenvalue weighted by atomic mass is 10.0. The molecule has 0 aliphatic rings. The minimum absolute atomic E-state index is 0.104. The molecule has 0 fully saturated rings. The quantitative estimate of drug-likeness (QED) is 0.0222. The molecular formula is C74H144O17P2. The molecule has 5 atom stereocenters. The summed E-state index contributed by atoms with van der Waals surface area (Å²) < 4.78 is 68.4. The highest BCUT2D eigenvalue weighted by Crippen LogP contribution is 2.45. The van der Waals surface area contributed by atoms with Crippen LogP contribution in [0.25, 0.3) is 0 Å². The number of ether oxygens (including phenoxy) is 4. The molecule has 93 heavy (non-hydrogen) atoms. The van der Waals surface area contributed by atoms with Crippen LogP contribution in [-0.2, 0) is 65.4 Å². The van der Waals surface area contributed by atoms with E-state index in [1.54, 1.807) is 0 Å². The molecule has 0 rings (SSSR count). The SMILES string of the molecule is CCCCCCCCCCCCCCCCCC(=O)OC[C@H](COP(=O)(O)OC[C@@H](O)COP(=O)(O)OC[C@@H](COC(=O)CCCCCCCCCC(C)C)OC(=O)CCCCCCCCCCCC(C)C)OC(=O)CCCCCCCCCCCCCCCC(C)C. The van der Waals surface area contributed by atoms with E-state index in [1.807, 2.05) is 0 Å². The molecule has 3 N–H and O–H groups in total. The van der Waals surface area contributed by atoms with Crippen LogP contribution in [0.15, 0.2) is 0 Å². The number of phosphoric acid groups is 2. The first kappa shape index (κ1) is 91.1. The Labute approximate surface area is 568 Å². The highest BCUT2D eigenvalue weighted by molar-refractivity contribution is 7.47. The van der Waals surface area contributed by atoms with Gasteiger partial charge in [0, 0.05) is 25.7 Å². The van der Waals surface area contributed by atoms with Gasteiger partial charge in [-0.05, 0) is 43.4 Å². The third-order valence-corrected chi connectivity index (χ3v) is 19.0. The number of unbranched alkanes of at least 4 members (excludes halogenated alkanes) is 40. The van der Waals surface area contributed by atoms with Crippen LogP contribution in [0.5, 0.6) is 0 Å². The average molecular weight is 1370 g/mol. The third kappa shape index (κ3) is 68.4. The molecule has 0 saturated heterocycles. The van der Waals surface area contributed by atoms with Gasteiger partial charge < -0.3 is 33.8 Å². The van der Waals surface area contributed by atoms with Gasteiger partial charge in [-0.1, -0.05) is 325 Å². The van der Waals surface area contributed by atoms with E-state index in [1.165, 1.54) is 180 Å². The van der Waals surface area contributed by atoms with Gasteiger partial charge in [-0.25, -0.2) is 9.13 Å².